The molecule has 21 heavy (non-hydrogen) atoms. The van der Waals surface area contributed by atoms with E-state index in [1.54, 1.807) is 30.1 Å². The average Bonchev–Trinajstić information content (AvgIpc) is 3.10. The van der Waals surface area contributed by atoms with Crippen molar-refractivity contribution in [3.05, 3.63) is 42.1 Å². The lowest BCUT2D eigenvalue weighted by molar-refractivity contribution is 0.102. The van der Waals surface area contributed by atoms with E-state index in [0.29, 0.717) is 15.7 Å². The molecule has 3 aromatic rings. The van der Waals surface area contributed by atoms with Gasteiger partial charge in [-0.2, -0.15) is 0 Å². The summed E-state index contributed by atoms with van der Waals surface area (Å²) in [5, 5.41) is 15.3. The molecular formula is C12H10N6OS2. The minimum absolute atomic E-state index is 0.156. The zero-order chi connectivity index (χ0) is 14.7. The van der Waals surface area contributed by atoms with Crippen molar-refractivity contribution in [2.24, 2.45) is 7.05 Å². The topological polar surface area (TPSA) is 85.6 Å². The van der Waals surface area contributed by atoms with Crippen molar-refractivity contribution in [1.82, 2.24) is 25.2 Å². The summed E-state index contributed by atoms with van der Waals surface area (Å²) in [5.74, 6) is -0.156. The molecule has 7 nitrogen and oxygen atoms in total. The van der Waals surface area contributed by atoms with Crippen LogP contribution in [0.4, 0.5) is 5.00 Å². The van der Waals surface area contributed by atoms with Crippen molar-refractivity contribution in [3.63, 3.8) is 0 Å². The maximum Gasteiger partial charge on any atom is 0.256 e. The predicted molar refractivity (Wildman–Crippen MR) is 79.4 cm³/mol. The predicted octanol–water partition coefficient (Wildman–Crippen LogP) is 2.07. The third-order valence-corrected chi connectivity index (χ3v) is 4.53. The molecule has 1 aromatic carbocycles. The summed E-state index contributed by atoms with van der Waals surface area (Å²) in [4.78, 5) is 16.3. The van der Waals surface area contributed by atoms with Crippen LogP contribution in [0.5, 0.6) is 0 Å². The molecule has 0 atom stereocenters. The average molecular weight is 318 g/mol. The maximum atomic E-state index is 12.0. The quantitative estimate of drug-likeness (QED) is 0.792. The van der Waals surface area contributed by atoms with Gasteiger partial charge in [0.05, 0.1) is 6.20 Å². The fourth-order valence-electron chi connectivity index (χ4n) is 1.52. The fraction of sp³-hybridized carbons (Fsp3) is 0.0833. The summed E-state index contributed by atoms with van der Waals surface area (Å²) in [5.41, 5.74) is 0.609. The van der Waals surface area contributed by atoms with Crippen LogP contribution < -0.4 is 5.32 Å². The number of nitrogens with one attached hydrogen (secondary N) is 1. The van der Waals surface area contributed by atoms with Crippen LogP contribution in [0.2, 0.25) is 0 Å². The lowest BCUT2D eigenvalue weighted by atomic mass is 10.2. The number of benzene rings is 1. The van der Waals surface area contributed by atoms with Crippen LogP contribution in [0.1, 0.15) is 10.4 Å². The third kappa shape index (κ3) is 3.26. The highest BCUT2D eigenvalue weighted by Gasteiger charge is 2.11. The molecule has 0 unspecified atom stereocenters. The highest BCUT2D eigenvalue weighted by Crippen LogP contribution is 2.31. The number of rotatable bonds is 4. The number of tetrazole rings is 1. The van der Waals surface area contributed by atoms with E-state index >= 15 is 0 Å². The Balaban J connectivity index is 1.68. The van der Waals surface area contributed by atoms with Gasteiger partial charge in [-0.25, -0.2) is 9.67 Å². The second kappa shape index (κ2) is 6.02. The van der Waals surface area contributed by atoms with Gasteiger partial charge in [0, 0.05) is 12.6 Å². The van der Waals surface area contributed by atoms with Crippen molar-refractivity contribution in [3.8, 4) is 0 Å². The summed E-state index contributed by atoms with van der Waals surface area (Å²) in [6.45, 7) is 0. The Morgan fingerprint density at radius 1 is 1.33 bits per heavy atom. The standard InChI is InChI=1S/C12H10N6OS2/c1-18-11(15-16-17-18)21-12-13-7-9(20-12)14-10(19)8-5-3-2-4-6-8/h2-7H,1H3,(H,14,19). The second-order valence-electron chi connectivity index (χ2n) is 4.00. The summed E-state index contributed by atoms with van der Waals surface area (Å²) < 4.78 is 2.32. The maximum absolute atomic E-state index is 12.0. The van der Waals surface area contributed by atoms with E-state index in [4.69, 9.17) is 0 Å². The van der Waals surface area contributed by atoms with E-state index < -0.39 is 0 Å². The third-order valence-electron chi connectivity index (χ3n) is 2.52. The van der Waals surface area contributed by atoms with E-state index in [-0.39, 0.29) is 5.91 Å². The summed E-state index contributed by atoms with van der Waals surface area (Å²) in [7, 11) is 1.76. The van der Waals surface area contributed by atoms with Gasteiger partial charge >= 0.3 is 0 Å². The Morgan fingerprint density at radius 2 is 2.14 bits per heavy atom. The van der Waals surface area contributed by atoms with E-state index in [1.807, 2.05) is 18.2 Å². The zero-order valence-corrected chi connectivity index (χ0v) is 12.6. The molecule has 0 bridgehead atoms. The Hall–Kier alpha value is -2.26. The second-order valence-corrected chi connectivity index (χ2v) is 6.24. The van der Waals surface area contributed by atoms with Crippen molar-refractivity contribution in [1.29, 1.82) is 0 Å². The molecule has 0 aliphatic carbocycles. The molecule has 1 N–H and O–H groups in total. The van der Waals surface area contributed by atoms with E-state index in [9.17, 15) is 4.79 Å². The highest BCUT2D eigenvalue weighted by molar-refractivity contribution is 8.00. The number of thiazole rings is 1. The van der Waals surface area contributed by atoms with Gasteiger partial charge in [0.1, 0.15) is 5.00 Å². The summed E-state index contributed by atoms with van der Waals surface area (Å²) >= 11 is 2.72. The molecule has 0 aliphatic heterocycles. The normalized spacial score (nSPS) is 10.5. The number of carbonyl (C=O) groups excluding carboxylic acids is 1. The molecule has 0 saturated heterocycles. The van der Waals surface area contributed by atoms with Crippen LogP contribution in [0.25, 0.3) is 0 Å². The first-order valence-corrected chi connectivity index (χ1v) is 7.58. The summed E-state index contributed by atoms with van der Waals surface area (Å²) in [6, 6.07) is 9.04. The number of carbonyl (C=O) groups is 1. The lowest BCUT2D eigenvalue weighted by Crippen LogP contribution is -2.10. The van der Waals surface area contributed by atoms with Crippen molar-refractivity contribution < 1.29 is 4.79 Å². The van der Waals surface area contributed by atoms with Gasteiger partial charge in [-0.1, -0.05) is 29.5 Å². The first-order valence-electron chi connectivity index (χ1n) is 5.95. The molecule has 0 radical (unpaired) electrons. The van der Waals surface area contributed by atoms with Crippen LogP contribution in [0.3, 0.4) is 0 Å². The molecule has 106 valence electrons. The molecular weight excluding hydrogens is 308 g/mol. The molecule has 0 fully saturated rings. The van der Waals surface area contributed by atoms with Gasteiger partial charge in [0.25, 0.3) is 5.91 Å². The van der Waals surface area contributed by atoms with Crippen LogP contribution in [0, 0.1) is 0 Å². The Labute approximate surface area is 128 Å². The smallest absolute Gasteiger partial charge is 0.256 e. The van der Waals surface area contributed by atoms with Gasteiger partial charge in [-0.05, 0) is 34.3 Å². The van der Waals surface area contributed by atoms with Gasteiger partial charge < -0.3 is 5.32 Å². The number of anilines is 1. The van der Waals surface area contributed by atoms with Gasteiger partial charge in [-0.3, -0.25) is 4.79 Å². The van der Waals surface area contributed by atoms with Gasteiger partial charge in [0.15, 0.2) is 4.34 Å². The number of hydrogen-bond acceptors (Lipinski definition) is 7. The van der Waals surface area contributed by atoms with Gasteiger partial charge in [0.2, 0.25) is 5.16 Å². The Bertz CT molecular complexity index is 754. The van der Waals surface area contributed by atoms with Crippen molar-refractivity contribution >= 4 is 34.0 Å². The first kappa shape index (κ1) is 13.7. The van der Waals surface area contributed by atoms with E-state index in [2.05, 4.69) is 25.8 Å². The minimum Gasteiger partial charge on any atom is -0.312 e. The van der Waals surface area contributed by atoms with Crippen LogP contribution >= 0.6 is 23.1 Å². The molecule has 0 saturated carbocycles. The molecule has 2 aromatic heterocycles. The Kier molecular flexibility index (Phi) is 3.93. The van der Waals surface area contributed by atoms with Crippen molar-refractivity contribution in [2.75, 3.05) is 5.32 Å². The number of amides is 1. The van der Waals surface area contributed by atoms with E-state index in [0.717, 1.165) is 4.34 Å². The van der Waals surface area contributed by atoms with Crippen molar-refractivity contribution in [2.45, 2.75) is 9.50 Å². The summed E-state index contributed by atoms with van der Waals surface area (Å²) in [6.07, 6.45) is 1.62. The minimum atomic E-state index is -0.156. The van der Waals surface area contributed by atoms with E-state index in [1.165, 1.54) is 23.1 Å². The molecule has 2 heterocycles. The molecule has 9 heteroatoms. The molecule has 0 spiro atoms. The number of aryl methyl sites for hydroxylation is 1. The zero-order valence-electron chi connectivity index (χ0n) is 10.9. The molecule has 3 rings (SSSR count). The Morgan fingerprint density at radius 3 is 2.86 bits per heavy atom. The lowest BCUT2D eigenvalue weighted by Gasteiger charge is -2.00. The number of nitrogens with zero attached hydrogens (tertiary/aromatic N) is 5. The van der Waals surface area contributed by atoms with Crippen LogP contribution in [0.15, 0.2) is 46.0 Å². The van der Waals surface area contributed by atoms with Crippen LogP contribution in [-0.4, -0.2) is 31.1 Å². The molecule has 1 amide bonds. The number of aromatic nitrogens is 5. The molecule has 0 aliphatic rings. The number of hydrogen-bond donors (Lipinski definition) is 1. The fourth-order valence-corrected chi connectivity index (χ4v) is 3.23. The largest absolute Gasteiger partial charge is 0.312 e. The highest BCUT2D eigenvalue weighted by atomic mass is 32.2. The van der Waals surface area contributed by atoms with Gasteiger partial charge in [-0.15, -0.1) is 5.10 Å². The first-order chi connectivity index (χ1) is 10.2. The SMILES string of the molecule is Cn1nnnc1Sc1ncc(NC(=O)c2ccccc2)s1. The monoisotopic (exact) mass is 318 g/mol. The van der Waals surface area contributed by atoms with Crippen LogP contribution in [-0.2, 0) is 7.05 Å².